The number of hydrogen-bond acceptors (Lipinski definition) is 5. The van der Waals surface area contributed by atoms with Crippen molar-refractivity contribution in [3.63, 3.8) is 0 Å². The number of carbonyl (C=O) groups excluding carboxylic acids is 2. The number of hydrogen-bond donors (Lipinski definition) is 1. The van der Waals surface area contributed by atoms with E-state index in [1.165, 1.54) is 14.2 Å². The van der Waals surface area contributed by atoms with Crippen LogP contribution < -0.4 is 14.8 Å². The van der Waals surface area contributed by atoms with Crippen LogP contribution in [-0.2, 0) is 9.53 Å². The zero-order valence-corrected chi connectivity index (χ0v) is 11.2. The van der Waals surface area contributed by atoms with Crippen molar-refractivity contribution < 1.29 is 23.8 Å². The number of methoxy groups -OCH3 is 2. The van der Waals surface area contributed by atoms with Crippen LogP contribution in [0.2, 0.25) is 0 Å². The van der Waals surface area contributed by atoms with Crippen molar-refractivity contribution in [2.45, 2.75) is 6.92 Å². The predicted molar refractivity (Wildman–Crippen MR) is 68.5 cm³/mol. The molecular formula is C13H17NO5. The minimum Gasteiger partial charge on any atom is -0.493 e. The number of carbonyl (C=O) groups is 2. The molecule has 0 saturated carbocycles. The fourth-order valence-corrected chi connectivity index (χ4v) is 1.50. The molecular weight excluding hydrogens is 250 g/mol. The summed E-state index contributed by atoms with van der Waals surface area (Å²) >= 11 is 0. The molecule has 0 radical (unpaired) electrons. The molecule has 0 fully saturated rings. The van der Waals surface area contributed by atoms with Gasteiger partial charge < -0.3 is 19.5 Å². The lowest BCUT2D eigenvalue weighted by Crippen LogP contribution is -2.28. The van der Waals surface area contributed by atoms with Gasteiger partial charge in [-0.15, -0.1) is 0 Å². The zero-order chi connectivity index (χ0) is 14.3. The Morgan fingerprint density at radius 1 is 1.21 bits per heavy atom. The molecule has 1 rings (SSSR count). The fraction of sp³-hybridized carbons (Fsp3) is 0.385. The summed E-state index contributed by atoms with van der Waals surface area (Å²) in [5.74, 6) is -0.277. The average Bonchev–Trinajstić information content (AvgIpc) is 2.44. The first-order valence-corrected chi connectivity index (χ1v) is 5.78. The number of ether oxygens (including phenoxy) is 3. The van der Waals surface area contributed by atoms with Gasteiger partial charge in [-0.05, 0) is 19.1 Å². The van der Waals surface area contributed by atoms with Crippen molar-refractivity contribution in [1.29, 1.82) is 0 Å². The van der Waals surface area contributed by atoms with Crippen LogP contribution in [0.25, 0.3) is 0 Å². The molecule has 0 bridgehead atoms. The van der Waals surface area contributed by atoms with Gasteiger partial charge in [-0.25, -0.2) is 4.79 Å². The van der Waals surface area contributed by atoms with Crippen molar-refractivity contribution in [1.82, 2.24) is 5.32 Å². The summed E-state index contributed by atoms with van der Waals surface area (Å²) < 4.78 is 15.1. The van der Waals surface area contributed by atoms with E-state index in [-0.39, 0.29) is 23.8 Å². The SMILES string of the molecule is CCNC(=O)COC(=O)c1cccc(OC)c1OC. The van der Waals surface area contributed by atoms with E-state index in [0.717, 1.165) is 0 Å². The Hall–Kier alpha value is -2.24. The van der Waals surface area contributed by atoms with Crippen molar-refractivity contribution in [3.05, 3.63) is 23.8 Å². The van der Waals surface area contributed by atoms with E-state index >= 15 is 0 Å². The third kappa shape index (κ3) is 3.87. The molecule has 6 nitrogen and oxygen atoms in total. The molecule has 19 heavy (non-hydrogen) atoms. The Labute approximate surface area is 111 Å². The van der Waals surface area contributed by atoms with Gasteiger partial charge in [0, 0.05) is 6.54 Å². The largest absolute Gasteiger partial charge is 0.493 e. The van der Waals surface area contributed by atoms with Crippen LogP contribution in [0.5, 0.6) is 11.5 Å². The van der Waals surface area contributed by atoms with E-state index in [1.54, 1.807) is 25.1 Å². The second-order valence-electron chi connectivity index (χ2n) is 3.57. The van der Waals surface area contributed by atoms with E-state index in [0.29, 0.717) is 12.3 Å². The Bertz CT molecular complexity index is 458. The van der Waals surface area contributed by atoms with Crippen LogP contribution in [0.3, 0.4) is 0 Å². The Morgan fingerprint density at radius 2 is 1.95 bits per heavy atom. The highest BCUT2D eigenvalue weighted by atomic mass is 16.5. The van der Waals surface area contributed by atoms with Crippen molar-refractivity contribution in [2.75, 3.05) is 27.4 Å². The Morgan fingerprint density at radius 3 is 2.53 bits per heavy atom. The van der Waals surface area contributed by atoms with Crippen LogP contribution in [0.1, 0.15) is 17.3 Å². The van der Waals surface area contributed by atoms with Gasteiger partial charge >= 0.3 is 5.97 Å². The number of amides is 1. The molecule has 0 aliphatic heterocycles. The molecule has 0 spiro atoms. The lowest BCUT2D eigenvalue weighted by molar-refractivity contribution is -0.124. The Kier molecular flexibility index (Phi) is 5.66. The lowest BCUT2D eigenvalue weighted by Gasteiger charge is -2.11. The predicted octanol–water partition coefficient (Wildman–Crippen LogP) is 0.997. The van der Waals surface area contributed by atoms with Gasteiger partial charge in [-0.1, -0.05) is 6.07 Å². The average molecular weight is 267 g/mol. The highest BCUT2D eigenvalue weighted by Gasteiger charge is 2.18. The molecule has 0 aliphatic rings. The number of nitrogens with one attached hydrogen (secondary N) is 1. The van der Waals surface area contributed by atoms with Gasteiger partial charge in [0.15, 0.2) is 18.1 Å². The summed E-state index contributed by atoms with van der Waals surface area (Å²) in [4.78, 5) is 23.1. The molecule has 1 aromatic carbocycles. The maximum Gasteiger partial charge on any atom is 0.342 e. The first-order chi connectivity index (χ1) is 9.13. The minimum atomic E-state index is -0.637. The van der Waals surface area contributed by atoms with E-state index in [9.17, 15) is 9.59 Å². The highest BCUT2D eigenvalue weighted by molar-refractivity contribution is 5.94. The van der Waals surface area contributed by atoms with Crippen molar-refractivity contribution >= 4 is 11.9 Å². The summed E-state index contributed by atoms with van der Waals surface area (Å²) in [6.07, 6.45) is 0. The highest BCUT2D eigenvalue weighted by Crippen LogP contribution is 2.30. The standard InChI is InChI=1S/C13H17NO5/c1-4-14-11(15)8-19-13(16)9-6-5-7-10(17-2)12(9)18-3/h5-7H,4,8H2,1-3H3,(H,14,15). The summed E-state index contributed by atoms with van der Waals surface area (Å²) in [5.41, 5.74) is 0.214. The molecule has 104 valence electrons. The third-order valence-electron chi connectivity index (χ3n) is 2.33. The topological polar surface area (TPSA) is 73.9 Å². The second-order valence-corrected chi connectivity index (χ2v) is 3.57. The van der Waals surface area contributed by atoms with Crippen LogP contribution in [0, 0.1) is 0 Å². The van der Waals surface area contributed by atoms with Crippen LogP contribution in [-0.4, -0.2) is 39.2 Å². The first kappa shape index (κ1) is 14.8. The van der Waals surface area contributed by atoms with Gasteiger partial charge in [-0.2, -0.15) is 0 Å². The van der Waals surface area contributed by atoms with E-state index in [2.05, 4.69) is 5.32 Å². The summed E-state index contributed by atoms with van der Waals surface area (Å²) in [6, 6.07) is 4.85. The quantitative estimate of drug-likeness (QED) is 0.778. The molecule has 0 heterocycles. The monoisotopic (exact) mass is 267 g/mol. The van der Waals surface area contributed by atoms with Crippen molar-refractivity contribution in [3.8, 4) is 11.5 Å². The van der Waals surface area contributed by atoms with Crippen LogP contribution >= 0.6 is 0 Å². The molecule has 0 saturated heterocycles. The minimum absolute atomic E-state index is 0.214. The van der Waals surface area contributed by atoms with Crippen LogP contribution in [0.4, 0.5) is 0 Å². The van der Waals surface area contributed by atoms with Gasteiger partial charge in [0.2, 0.25) is 0 Å². The number of benzene rings is 1. The summed E-state index contributed by atoms with van der Waals surface area (Å²) in [7, 11) is 2.90. The smallest absolute Gasteiger partial charge is 0.342 e. The summed E-state index contributed by atoms with van der Waals surface area (Å²) in [5, 5.41) is 2.53. The third-order valence-corrected chi connectivity index (χ3v) is 2.33. The zero-order valence-electron chi connectivity index (χ0n) is 11.2. The molecule has 1 amide bonds. The van der Waals surface area contributed by atoms with Crippen molar-refractivity contribution in [2.24, 2.45) is 0 Å². The number of likely N-dealkylation sites (N-methyl/N-ethyl adjacent to an activating group) is 1. The normalized spacial score (nSPS) is 9.63. The number of rotatable bonds is 6. The molecule has 6 heteroatoms. The molecule has 0 aromatic heterocycles. The number of esters is 1. The molecule has 1 N–H and O–H groups in total. The van der Waals surface area contributed by atoms with E-state index < -0.39 is 5.97 Å². The molecule has 1 aromatic rings. The maximum atomic E-state index is 11.9. The summed E-state index contributed by atoms with van der Waals surface area (Å²) in [6.45, 7) is 1.94. The second kappa shape index (κ2) is 7.25. The van der Waals surface area contributed by atoms with Gasteiger partial charge in [0.05, 0.1) is 14.2 Å². The first-order valence-electron chi connectivity index (χ1n) is 5.78. The van der Waals surface area contributed by atoms with Gasteiger partial charge in [-0.3, -0.25) is 4.79 Å². The van der Waals surface area contributed by atoms with E-state index in [1.807, 2.05) is 0 Å². The van der Waals surface area contributed by atoms with E-state index in [4.69, 9.17) is 14.2 Å². The Balaban J connectivity index is 2.79. The van der Waals surface area contributed by atoms with Crippen LogP contribution in [0.15, 0.2) is 18.2 Å². The van der Waals surface area contributed by atoms with Gasteiger partial charge in [0.1, 0.15) is 5.56 Å². The maximum absolute atomic E-state index is 11.9. The fourth-order valence-electron chi connectivity index (χ4n) is 1.50. The molecule has 0 atom stereocenters. The molecule has 0 unspecified atom stereocenters. The molecule has 0 aliphatic carbocycles. The van der Waals surface area contributed by atoms with Gasteiger partial charge in [0.25, 0.3) is 5.91 Å². The number of para-hydroxylation sites is 1. The lowest BCUT2D eigenvalue weighted by atomic mass is 10.2.